The molecule has 430 valence electrons. The van der Waals surface area contributed by atoms with E-state index >= 15 is 0 Å². The van der Waals surface area contributed by atoms with Crippen LogP contribution >= 0.6 is 7.82 Å². The Labute approximate surface area is 442 Å². The van der Waals surface area contributed by atoms with E-state index in [1.165, 1.54) is 141 Å². The van der Waals surface area contributed by atoms with E-state index < -0.39 is 32.5 Å². The number of carbonyl (C=O) groups is 3. The van der Waals surface area contributed by atoms with Crippen LogP contribution in [0.25, 0.3) is 10.4 Å². The third-order valence-corrected chi connectivity index (χ3v) is 13.1. The first-order chi connectivity index (χ1) is 35.7. The molecule has 0 aliphatic heterocycles. The van der Waals surface area contributed by atoms with E-state index in [1.54, 1.807) is 0 Å². The zero-order valence-corrected chi connectivity index (χ0v) is 47.0. The molecule has 0 aliphatic rings. The van der Waals surface area contributed by atoms with Gasteiger partial charge in [0.2, 0.25) is 5.91 Å². The van der Waals surface area contributed by atoms with Crippen molar-refractivity contribution < 1.29 is 66.0 Å². The number of azide groups is 1. The van der Waals surface area contributed by atoms with Gasteiger partial charge in [-0.1, -0.05) is 199 Å². The van der Waals surface area contributed by atoms with E-state index in [1.807, 2.05) is 0 Å². The maximum absolute atomic E-state index is 12.8. The molecule has 0 radical (unpaired) electrons. The largest absolute Gasteiger partial charge is 0.472 e. The Hall–Kier alpha value is -2.37. The van der Waals surface area contributed by atoms with E-state index in [2.05, 4.69) is 29.2 Å². The molecule has 73 heavy (non-hydrogen) atoms. The Balaban J connectivity index is 4.41. The fourth-order valence-corrected chi connectivity index (χ4v) is 8.60. The first-order valence-electron chi connectivity index (χ1n) is 28.9. The van der Waals surface area contributed by atoms with Crippen LogP contribution in [0.3, 0.4) is 0 Å². The summed E-state index contributed by atoms with van der Waals surface area (Å²) in [7, 11) is -4.61. The summed E-state index contributed by atoms with van der Waals surface area (Å²) in [4.78, 5) is 50.7. The standard InChI is InChI=1S/C54H105N4O14P/c1-3-5-7-9-11-13-15-17-19-21-23-25-27-29-31-33-53(60)69-49-51(72-54(61)34-32-30-28-26-24-22-20-18-16-14-12-10-8-6-4-2)50-71-73(62,63)70-40-36-56-52(59)35-38-64-41-43-66-45-47-68-48-46-67-44-42-65-39-37-57-58-55/h51H,3-50H2,1-2H3,(H,56,59)(H,62,63)/t51-/m1/s1. The Morgan fingerprint density at radius 1 is 0.479 bits per heavy atom. The molecular formula is C54H105N4O14P. The fourth-order valence-electron chi connectivity index (χ4n) is 7.85. The first-order valence-corrected chi connectivity index (χ1v) is 30.4. The molecule has 0 rings (SSSR count). The van der Waals surface area contributed by atoms with Gasteiger partial charge in [0.15, 0.2) is 6.10 Å². The third kappa shape index (κ3) is 57.2. The Kier molecular flexibility index (Phi) is 55.5. The van der Waals surface area contributed by atoms with Gasteiger partial charge in [0.25, 0.3) is 0 Å². The van der Waals surface area contributed by atoms with Crippen LogP contribution in [0.1, 0.15) is 226 Å². The zero-order chi connectivity index (χ0) is 53.2. The van der Waals surface area contributed by atoms with Gasteiger partial charge in [-0.2, -0.15) is 0 Å². The molecule has 1 unspecified atom stereocenters. The van der Waals surface area contributed by atoms with Crippen LogP contribution in [0.15, 0.2) is 5.11 Å². The molecule has 1 amide bonds. The number of unbranched alkanes of at least 4 members (excludes halogenated alkanes) is 28. The number of ether oxygens (including phenoxy) is 7. The summed E-state index contributed by atoms with van der Waals surface area (Å²) in [6, 6.07) is 0. The van der Waals surface area contributed by atoms with E-state index in [0.29, 0.717) is 78.8 Å². The van der Waals surface area contributed by atoms with Crippen LogP contribution in [-0.4, -0.2) is 128 Å². The van der Waals surface area contributed by atoms with Gasteiger partial charge in [0.1, 0.15) is 6.61 Å². The summed E-state index contributed by atoms with van der Waals surface area (Å²) in [5.41, 5.74) is 8.20. The normalized spacial score (nSPS) is 12.6. The lowest BCUT2D eigenvalue weighted by Gasteiger charge is -2.20. The van der Waals surface area contributed by atoms with Gasteiger partial charge in [-0.15, -0.1) is 0 Å². The minimum absolute atomic E-state index is 0.0534. The molecule has 0 aromatic heterocycles. The Bertz CT molecular complexity index is 1330. The summed E-state index contributed by atoms with van der Waals surface area (Å²) in [6.07, 6.45) is 36.0. The maximum atomic E-state index is 12.8. The Morgan fingerprint density at radius 3 is 1.26 bits per heavy atom. The number of esters is 2. The fraction of sp³-hybridized carbons (Fsp3) is 0.944. The predicted octanol–water partition coefficient (Wildman–Crippen LogP) is 13.0. The molecule has 0 aliphatic carbocycles. The second kappa shape index (κ2) is 57.3. The first kappa shape index (κ1) is 70.6. The molecule has 0 aromatic carbocycles. The highest BCUT2D eigenvalue weighted by Crippen LogP contribution is 2.43. The van der Waals surface area contributed by atoms with Crippen molar-refractivity contribution in [2.24, 2.45) is 5.11 Å². The molecule has 0 heterocycles. The van der Waals surface area contributed by atoms with Crippen LogP contribution in [0.5, 0.6) is 0 Å². The number of nitrogens with zero attached hydrogens (tertiary/aromatic N) is 3. The molecule has 2 N–H and O–H groups in total. The zero-order valence-electron chi connectivity index (χ0n) is 46.1. The van der Waals surface area contributed by atoms with Crippen molar-refractivity contribution in [1.82, 2.24) is 5.32 Å². The molecule has 2 atom stereocenters. The van der Waals surface area contributed by atoms with E-state index in [9.17, 15) is 23.8 Å². The van der Waals surface area contributed by atoms with E-state index in [-0.39, 0.29) is 51.5 Å². The number of hydrogen-bond donors (Lipinski definition) is 2. The van der Waals surface area contributed by atoms with Crippen molar-refractivity contribution in [3.8, 4) is 0 Å². The number of nitrogens with one attached hydrogen (secondary N) is 1. The second-order valence-corrected chi connectivity index (χ2v) is 20.4. The highest BCUT2D eigenvalue weighted by atomic mass is 31.2. The average Bonchev–Trinajstić information content (AvgIpc) is 3.38. The summed E-state index contributed by atoms with van der Waals surface area (Å²) < 4.78 is 60.9. The smallest absolute Gasteiger partial charge is 0.462 e. The number of amides is 1. The quantitative estimate of drug-likeness (QED) is 0.0144. The monoisotopic (exact) mass is 1060 g/mol. The van der Waals surface area contributed by atoms with Crippen LogP contribution in [0.4, 0.5) is 0 Å². The van der Waals surface area contributed by atoms with Gasteiger partial charge in [0.05, 0.1) is 79.3 Å². The van der Waals surface area contributed by atoms with Gasteiger partial charge >= 0.3 is 19.8 Å². The van der Waals surface area contributed by atoms with Gasteiger partial charge in [-0.25, -0.2) is 4.57 Å². The number of carbonyl (C=O) groups excluding carboxylic acids is 3. The van der Waals surface area contributed by atoms with Gasteiger partial charge < -0.3 is 43.4 Å². The van der Waals surface area contributed by atoms with Crippen LogP contribution in [0.2, 0.25) is 0 Å². The highest BCUT2D eigenvalue weighted by molar-refractivity contribution is 7.47. The van der Waals surface area contributed by atoms with Crippen molar-refractivity contribution in [1.29, 1.82) is 0 Å². The van der Waals surface area contributed by atoms with Gasteiger partial charge in [0, 0.05) is 37.3 Å². The van der Waals surface area contributed by atoms with Crippen LogP contribution < -0.4 is 5.32 Å². The molecule has 0 spiro atoms. The summed E-state index contributed by atoms with van der Waals surface area (Å²) >= 11 is 0. The molecule has 19 heteroatoms. The van der Waals surface area contributed by atoms with Crippen molar-refractivity contribution in [3.63, 3.8) is 0 Å². The molecule has 0 aromatic rings. The van der Waals surface area contributed by atoms with Crippen LogP contribution in [-0.2, 0) is 61.2 Å². The van der Waals surface area contributed by atoms with Crippen molar-refractivity contribution in [2.45, 2.75) is 232 Å². The average molecular weight is 1070 g/mol. The number of phosphoric acid groups is 1. The van der Waals surface area contributed by atoms with E-state index in [4.69, 9.17) is 47.7 Å². The highest BCUT2D eigenvalue weighted by Gasteiger charge is 2.26. The van der Waals surface area contributed by atoms with Crippen LogP contribution in [0, 0.1) is 0 Å². The SMILES string of the molecule is CCCCCCCCCCCCCCCCCC(=O)OC[C@H](COP(=O)(O)OCCNC(=O)CCOCCOCCOCCOCCOCCN=[N+]=[N-])OC(=O)CCCCCCCCCCCCCCCCC. The maximum Gasteiger partial charge on any atom is 0.472 e. The molecule has 0 saturated heterocycles. The lowest BCUT2D eigenvalue weighted by Crippen LogP contribution is -2.30. The summed E-state index contributed by atoms with van der Waals surface area (Å²) in [6.45, 7) is 7.18. The molecule has 0 fully saturated rings. The molecule has 0 bridgehead atoms. The van der Waals surface area contributed by atoms with Gasteiger partial charge in [-0.3, -0.25) is 23.4 Å². The van der Waals surface area contributed by atoms with Gasteiger partial charge in [-0.05, 0) is 18.4 Å². The van der Waals surface area contributed by atoms with Crippen molar-refractivity contribution in [3.05, 3.63) is 10.4 Å². The molecule has 18 nitrogen and oxygen atoms in total. The molecule has 0 saturated carbocycles. The number of hydrogen-bond acceptors (Lipinski definition) is 14. The Morgan fingerprint density at radius 2 is 0.849 bits per heavy atom. The topological polar surface area (TPSA) is 232 Å². The third-order valence-electron chi connectivity index (χ3n) is 12.2. The summed E-state index contributed by atoms with van der Waals surface area (Å²) in [5, 5.41) is 5.97. The minimum atomic E-state index is -4.61. The van der Waals surface area contributed by atoms with Crippen molar-refractivity contribution >= 4 is 25.7 Å². The molecular weight excluding hydrogens is 960 g/mol. The minimum Gasteiger partial charge on any atom is -0.462 e. The number of phosphoric ester groups is 1. The van der Waals surface area contributed by atoms with Crippen molar-refractivity contribution in [2.75, 3.05) is 99.0 Å². The lowest BCUT2D eigenvalue weighted by molar-refractivity contribution is -0.161. The predicted molar refractivity (Wildman–Crippen MR) is 287 cm³/mol. The second-order valence-electron chi connectivity index (χ2n) is 18.9. The summed E-state index contributed by atoms with van der Waals surface area (Å²) in [5.74, 6) is -1.24. The van der Waals surface area contributed by atoms with E-state index in [0.717, 1.165) is 38.5 Å². The lowest BCUT2D eigenvalue weighted by atomic mass is 10.0. The number of rotatable bonds is 60.